The van der Waals surface area contributed by atoms with Crippen molar-refractivity contribution in [2.75, 3.05) is 12.0 Å². The Balaban J connectivity index is 2.40. The highest BCUT2D eigenvalue weighted by Gasteiger charge is 2.24. The zero-order valence-corrected chi connectivity index (χ0v) is 13.1. The summed E-state index contributed by atoms with van der Waals surface area (Å²) in [5.41, 5.74) is 3.13. The molecule has 6 nitrogen and oxygen atoms in total. The molecule has 0 amide bonds. The molecule has 1 atom stereocenters. The van der Waals surface area contributed by atoms with Crippen LogP contribution in [-0.4, -0.2) is 43.3 Å². The molecular formula is C14H18N4O2S. The summed E-state index contributed by atoms with van der Waals surface area (Å²) in [6.07, 6.45) is 2.43. The van der Waals surface area contributed by atoms with E-state index in [1.807, 2.05) is 38.3 Å². The third-order valence-corrected chi connectivity index (χ3v) is 4.08. The number of aliphatic carboxylic acids is 1. The number of carboxylic acid groups (broad SMARTS) is 1. The zero-order chi connectivity index (χ0) is 15.4. The summed E-state index contributed by atoms with van der Waals surface area (Å²) >= 11 is 1.61. The Morgan fingerprint density at radius 3 is 2.76 bits per heavy atom. The normalized spacial score (nSPS) is 12.3. The number of benzene rings is 1. The van der Waals surface area contributed by atoms with Gasteiger partial charge in [0.15, 0.2) is 11.9 Å². The van der Waals surface area contributed by atoms with Crippen LogP contribution in [0.5, 0.6) is 0 Å². The van der Waals surface area contributed by atoms with E-state index < -0.39 is 12.0 Å². The van der Waals surface area contributed by atoms with Gasteiger partial charge in [-0.25, -0.2) is 9.48 Å². The second kappa shape index (κ2) is 6.71. The summed E-state index contributed by atoms with van der Waals surface area (Å²) in [7, 11) is 0. The molecule has 0 spiro atoms. The maximum absolute atomic E-state index is 11.5. The predicted molar refractivity (Wildman–Crippen MR) is 82.4 cm³/mol. The maximum atomic E-state index is 11.5. The van der Waals surface area contributed by atoms with Crippen LogP contribution in [0.25, 0.3) is 11.4 Å². The number of hydrogen-bond donors (Lipinski definition) is 1. The summed E-state index contributed by atoms with van der Waals surface area (Å²) in [4.78, 5) is 11.5. The first-order valence-electron chi connectivity index (χ1n) is 6.62. The molecule has 0 radical (unpaired) electrons. The molecule has 0 aliphatic carbocycles. The van der Waals surface area contributed by atoms with Gasteiger partial charge in [-0.15, -0.1) is 5.10 Å². The van der Waals surface area contributed by atoms with Crippen molar-refractivity contribution >= 4 is 17.7 Å². The number of aromatic nitrogens is 4. The van der Waals surface area contributed by atoms with Crippen molar-refractivity contribution in [1.82, 2.24) is 20.2 Å². The molecule has 0 aliphatic rings. The Kier molecular flexibility index (Phi) is 4.95. The molecule has 1 heterocycles. The predicted octanol–water partition coefficient (Wildman–Crippen LogP) is 2.34. The van der Waals surface area contributed by atoms with E-state index in [0.717, 1.165) is 16.9 Å². The minimum absolute atomic E-state index is 0.485. The Labute approximate surface area is 127 Å². The highest BCUT2D eigenvalue weighted by atomic mass is 32.2. The van der Waals surface area contributed by atoms with Gasteiger partial charge in [0, 0.05) is 5.56 Å². The number of aryl methyl sites for hydroxylation is 2. The van der Waals surface area contributed by atoms with Crippen molar-refractivity contribution in [3.05, 3.63) is 29.3 Å². The lowest BCUT2D eigenvalue weighted by atomic mass is 10.1. The highest BCUT2D eigenvalue weighted by Crippen LogP contribution is 2.24. The molecule has 0 saturated heterocycles. The van der Waals surface area contributed by atoms with Gasteiger partial charge >= 0.3 is 5.97 Å². The summed E-state index contributed by atoms with van der Waals surface area (Å²) in [6.45, 7) is 4.04. The van der Waals surface area contributed by atoms with E-state index in [9.17, 15) is 9.90 Å². The second-order valence-electron chi connectivity index (χ2n) is 4.88. The minimum atomic E-state index is -0.915. The average Bonchev–Trinajstić information content (AvgIpc) is 2.91. The SMILES string of the molecule is CSCCC(C(=O)O)n1nnnc1-c1ccc(C)c(C)c1. The second-order valence-corrected chi connectivity index (χ2v) is 5.87. The first kappa shape index (κ1) is 15.5. The van der Waals surface area contributed by atoms with Crippen molar-refractivity contribution in [2.45, 2.75) is 26.3 Å². The van der Waals surface area contributed by atoms with Crippen molar-refractivity contribution < 1.29 is 9.90 Å². The topological polar surface area (TPSA) is 80.9 Å². The Morgan fingerprint density at radius 2 is 2.14 bits per heavy atom. The molecule has 1 N–H and O–H groups in total. The van der Waals surface area contributed by atoms with Crippen molar-refractivity contribution in [3.8, 4) is 11.4 Å². The molecule has 0 bridgehead atoms. The summed E-state index contributed by atoms with van der Waals surface area (Å²) in [5, 5.41) is 21.0. The molecule has 1 aromatic heterocycles. The third-order valence-electron chi connectivity index (χ3n) is 3.43. The molecular weight excluding hydrogens is 288 g/mol. The average molecular weight is 306 g/mol. The van der Waals surface area contributed by atoms with Crippen LogP contribution in [0.1, 0.15) is 23.6 Å². The molecule has 2 rings (SSSR count). The minimum Gasteiger partial charge on any atom is -0.480 e. The van der Waals surface area contributed by atoms with Gasteiger partial charge in [0.25, 0.3) is 0 Å². The standard InChI is InChI=1S/C14H18N4O2S/c1-9-4-5-11(8-10(9)2)13-15-16-17-18(13)12(14(19)20)6-7-21-3/h4-5,8,12H,6-7H2,1-3H3,(H,19,20). The van der Waals surface area contributed by atoms with Gasteiger partial charge in [-0.05, 0) is 59.9 Å². The molecule has 2 aromatic rings. The zero-order valence-electron chi connectivity index (χ0n) is 12.3. The van der Waals surface area contributed by atoms with Crippen molar-refractivity contribution in [3.63, 3.8) is 0 Å². The smallest absolute Gasteiger partial charge is 0.328 e. The van der Waals surface area contributed by atoms with Crippen LogP contribution in [0.3, 0.4) is 0 Å². The lowest BCUT2D eigenvalue weighted by molar-refractivity contribution is -0.141. The van der Waals surface area contributed by atoms with Gasteiger partial charge < -0.3 is 5.11 Å². The van der Waals surface area contributed by atoms with Crippen molar-refractivity contribution in [2.24, 2.45) is 0 Å². The van der Waals surface area contributed by atoms with Crippen LogP contribution in [0.15, 0.2) is 18.2 Å². The summed E-state index contributed by atoms with van der Waals surface area (Å²) in [5.74, 6) is 0.316. The molecule has 1 unspecified atom stereocenters. The number of thioether (sulfide) groups is 1. The lowest BCUT2D eigenvalue weighted by Gasteiger charge is -2.14. The third kappa shape index (κ3) is 3.41. The van der Waals surface area contributed by atoms with Gasteiger partial charge in [0.2, 0.25) is 0 Å². The van der Waals surface area contributed by atoms with E-state index in [0.29, 0.717) is 12.2 Å². The van der Waals surface area contributed by atoms with Gasteiger partial charge in [-0.1, -0.05) is 12.1 Å². The molecule has 112 valence electrons. The van der Waals surface area contributed by atoms with Gasteiger partial charge in [-0.2, -0.15) is 11.8 Å². The van der Waals surface area contributed by atoms with Crippen molar-refractivity contribution in [1.29, 1.82) is 0 Å². The Hall–Kier alpha value is -1.89. The largest absolute Gasteiger partial charge is 0.480 e. The van der Waals surface area contributed by atoms with Crippen LogP contribution in [0, 0.1) is 13.8 Å². The molecule has 0 saturated carbocycles. The Morgan fingerprint density at radius 1 is 1.38 bits per heavy atom. The van der Waals surface area contributed by atoms with E-state index >= 15 is 0 Å². The van der Waals surface area contributed by atoms with E-state index in [1.165, 1.54) is 10.2 Å². The van der Waals surface area contributed by atoms with Crippen LogP contribution >= 0.6 is 11.8 Å². The number of rotatable bonds is 6. The maximum Gasteiger partial charge on any atom is 0.328 e. The molecule has 21 heavy (non-hydrogen) atoms. The van der Waals surface area contributed by atoms with Crippen LogP contribution in [-0.2, 0) is 4.79 Å². The van der Waals surface area contributed by atoms with Gasteiger partial charge in [0.1, 0.15) is 0 Å². The first-order chi connectivity index (χ1) is 10.0. The lowest BCUT2D eigenvalue weighted by Crippen LogP contribution is -2.22. The van der Waals surface area contributed by atoms with Crippen LogP contribution < -0.4 is 0 Å². The highest BCUT2D eigenvalue weighted by molar-refractivity contribution is 7.98. The summed E-state index contributed by atoms with van der Waals surface area (Å²) in [6, 6.07) is 5.13. The summed E-state index contributed by atoms with van der Waals surface area (Å²) < 4.78 is 1.41. The van der Waals surface area contributed by atoms with E-state index in [-0.39, 0.29) is 0 Å². The number of nitrogens with zero attached hydrogens (tertiary/aromatic N) is 4. The fourth-order valence-electron chi connectivity index (χ4n) is 2.05. The Bertz CT molecular complexity index is 642. The number of tetrazole rings is 1. The first-order valence-corrected chi connectivity index (χ1v) is 8.01. The quantitative estimate of drug-likeness (QED) is 0.882. The monoisotopic (exact) mass is 306 g/mol. The molecule has 0 aliphatic heterocycles. The number of hydrogen-bond acceptors (Lipinski definition) is 5. The number of carboxylic acids is 1. The molecule has 1 aromatic carbocycles. The molecule has 7 heteroatoms. The van der Waals surface area contributed by atoms with Crippen LogP contribution in [0.2, 0.25) is 0 Å². The van der Waals surface area contributed by atoms with Gasteiger partial charge in [0.05, 0.1) is 0 Å². The van der Waals surface area contributed by atoms with E-state index in [1.54, 1.807) is 11.8 Å². The van der Waals surface area contributed by atoms with Crippen LogP contribution in [0.4, 0.5) is 0 Å². The molecule has 0 fully saturated rings. The van der Waals surface area contributed by atoms with E-state index in [2.05, 4.69) is 15.5 Å². The number of carbonyl (C=O) groups is 1. The fraction of sp³-hybridized carbons (Fsp3) is 0.429. The van der Waals surface area contributed by atoms with E-state index in [4.69, 9.17) is 0 Å². The fourth-order valence-corrected chi connectivity index (χ4v) is 2.51. The van der Waals surface area contributed by atoms with Gasteiger partial charge in [-0.3, -0.25) is 0 Å².